The summed E-state index contributed by atoms with van der Waals surface area (Å²) in [4.78, 5) is 20.2. The van der Waals surface area contributed by atoms with Crippen LogP contribution in [-0.2, 0) is 6.54 Å². The lowest BCUT2D eigenvalue weighted by atomic mass is 9.88. The highest BCUT2D eigenvalue weighted by Crippen LogP contribution is 2.28. The fourth-order valence-corrected chi connectivity index (χ4v) is 3.15. The van der Waals surface area contributed by atoms with E-state index in [-0.39, 0.29) is 18.7 Å². The molecule has 2 saturated heterocycles. The molecule has 3 heterocycles. The molecule has 0 saturated carbocycles. The number of hydrogen-bond donors (Lipinski definition) is 0. The molecule has 0 radical (unpaired) electrons. The Balaban J connectivity index is 0.00000109. The van der Waals surface area contributed by atoms with Gasteiger partial charge in [0.15, 0.2) is 0 Å². The van der Waals surface area contributed by atoms with E-state index in [2.05, 4.69) is 23.7 Å². The van der Waals surface area contributed by atoms with Crippen LogP contribution in [0.15, 0.2) is 18.2 Å². The van der Waals surface area contributed by atoms with Crippen LogP contribution in [0.25, 0.3) is 0 Å². The van der Waals surface area contributed by atoms with Crippen molar-refractivity contribution in [3.05, 3.63) is 29.6 Å². The van der Waals surface area contributed by atoms with Crippen molar-refractivity contribution in [2.75, 3.05) is 26.2 Å². The van der Waals surface area contributed by atoms with E-state index < -0.39 is 18.4 Å². The van der Waals surface area contributed by atoms with Crippen molar-refractivity contribution in [3.8, 4) is 0 Å². The summed E-state index contributed by atoms with van der Waals surface area (Å²) in [6.45, 7) is 10.9. The first-order valence-corrected chi connectivity index (χ1v) is 9.19. The molecule has 4 nitrogen and oxygen atoms in total. The molecule has 1 amide bonds. The van der Waals surface area contributed by atoms with Crippen LogP contribution >= 0.6 is 0 Å². The molecule has 0 bridgehead atoms. The lowest BCUT2D eigenvalue weighted by molar-refractivity contribution is 0.0119. The number of rotatable bonds is 4. The van der Waals surface area contributed by atoms with Crippen molar-refractivity contribution in [1.29, 1.82) is 0 Å². The van der Waals surface area contributed by atoms with Crippen molar-refractivity contribution < 1.29 is 13.6 Å². The number of likely N-dealkylation sites (tertiary alicyclic amines) is 2. The zero-order valence-electron chi connectivity index (χ0n) is 15.6. The van der Waals surface area contributed by atoms with Crippen molar-refractivity contribution in [2.24, 2.45) is 11.8 Å². The van der Waals surface area contributed by atoms with Gasteiger partial charge in [0.25, 0.3) is 11.8 Å². The van der Waals surface area contributed by atoms with Gasteiger partial charge in [-0.2, -0.15) is 0 Å². The summed E-state index contributed by atoms with van der Waals surface area (Å²) in [7, 11) is 0. The van der Waals surface area contributed by atoms with Gasteiger partial charge in [-0.3, -0.25) is 9.69 Å². The minimum atomic E-state index is -2.77. The number of carbonyl (C=O) groups excluding carboxylic acids is 1. The quantitative estimate of drug-likeness (QED) is 0.829. The number of carbonyl (C=O) groups is 1. The van der Waals surface area contributed by atoms with Crippen molar-refractivity contribution >= 4 is 5.91 Å². The Hall–Kier alpha value is -1.56. The highest BCUT2D eigenvalue weighted by Gasteiger charge is 2.40. The lowest BCUT2D eigenvalue weighted by Crippen LogP contribution is -2.48. The van der Waals surface area contributed by atoms with E-state index in [4.69, 9.17) is 0 Å². The molecule has 0 aromatic carbocycles. The van der Waals surface area contributed by atoms with Crippen LogP contribution in [0.3, 0.4) is 0 Å². The summed E-state index contributed by atoms with van der Waals surface area (Å²) in [5, 5.41) is 0. The summed E-state index contributed by atoms with van der Waals surface area (Å²) in [5.74, 6) is -1.75. The molecule has 0 spiro atoms. The first-order valence-electron chi connectivity index (χ1n) is 9.19. The van der Waals surface area contributed by atoms with E-state index in [0.29, 0.717) is 12.5 Å². The fraction of sp³-hybridized carbons (Fsp3) is 0.684. The SMILES string of the molecule is CC.CC(C)C1CN(Cc2cccc(C(=O)N3CCC(F)(F)C3)n2)C1. The smallest absolute Gasteiger partial charge is 0.272 e. The van der Waals surface area contributed by atoms with Gasteiger partial charge in [0.2, 0.25) is 0 Å². The Labute approximate surface area is 149 Å². The molecule has 0 atom stereocenters. The van der Waals surface area contributed by atoms with Crippen LogP contribution in [0.5, 0.6) is 0 Å². The number of amides is 1. The van der Waals surface area contributed by atoms with Crippen LogP contribution < -0.4 is 0 Å². The first-order chi connectivity index (χ1) is 11.8. The number of nitrogens with zero attached hydrogens (tertiary/aromatic N) is 3. The Bertz CT molecular complexity index is 586. The molecule has 3 rings (SSSR count). The Morgan fingerprint density at radius 1 is 1.32 bits per heavy atom. The molecule has 0 N–H and O–H groups in total. The van der Waals surface area contributed by atoms with Crippen LogP contribution in [0.4, 0.5) is 8.78 Å². The molecule has 6 heteroatoms. The summed E-state index contributed by atoms with van der Waals surface area (Å²) < 4.78 is 26.5. The predicted molar refractivity (Wildman–Crippen MR) is 94.7 cm³/mol. The fourth-order valence-electron chi connectivity index (χ4n) is 3.15. The number of halogens is 2. The molecule has 25 heavy (non-hydrogen) atoms. The maximum Gasteiger partial charge on any atom is 0.272 e. The largest absolute Gasteiger partial charge is 0.331 e. The first kappa shape index (κ1) is 19.8. The maximum atomic E-state index is 13.3. The van der Waals surface area contributed by atoms with Gasteiger partial charge in [-0.15, -0.1) is 0 Å². The maximum absolute atomic E-state index is 13.3. The second-order valence-corrected chi connectivity index (χ2v) is 7.05. The molecule has 0 aliphatic carbocycles. The van der Waals surface area contributed by atoms with E-state index in [1.807, 2.05) is 19.9 Å². The van der Waals surface area contributed by atoms with Crippen molar-refractivity contribution in [1.82, 2.24) is 14.8 Å². The average Bonchev–Trinajstić information content (AvgIpc) is 2.91. The van der Waals surface area contributed by atoms with Crippen LogP contribution in [-0.4, -0.2) is 52.8 Å². The molecular weight excluding hydrogens is 324 g/mol. The molecule has 1 aromatic rings. The van der Waals surface area contributed by atoms with Crippen LogP contribution in [0, 0.1) is 11.8 Å². The number of alkyl halides is 2. The molecule has 140 valence electrons. The third-order valence-corrected chi connectivity index (χ3v) is 4.80. The zero-order chi connectivity index (χ0) is 18.6. The molecule has 2 aliphatic rings. The molecule has 0 unspecified atom stereocenters. The summed E-state index contributed by atoms with van der Waals surface area (Å²) >= 11 is 0. The minimum absolute atomic E-state index is 0.0972. The number of pyridine rings is 1. The number of aromatic nitrogens is 1. The molecule has 2 aliphatic heterocycles. The van der Waals surface area contributed by atoms with E-state index in [1.54, 1.807) is 12.1 Å². The minimum Gasteiger partial charge on any atom is -0.331 e. The van der Waals surface area contributed by atoms with Gasteiger partial charge in [-0.1, -0.05) is 33.8 Å². The summed E-state index contributed by atoms with van der Waals surface area (Å²) in [6.07, 6.45) is -0.261. The second kappa shape index (κ2) is 8.21. The Morgan fingerprint density at radius 2 is 2.00 bits per heavy atom. The van der Waals surface area contributed by atoms with Crippen LogP contribution in [0.2, 0.25) is 0 Å². The normalized spacial score (nSPS) is 20.2. The highest BCUT2D eigenvalue weighted by molar-refractivity contribution is 5.92. The average molecular weight is 353 g/mol. The van der Waals surface area contributed by atoms with Gasteiger partial charge in [-0.05, 0) is 24.0 Å². The molecular formula is C19H29F2N3O. The number of hydrogen-bond acceptors (Lipinski definition) is 3. The van der Waals surface area contributed by atoms with E-state index in [9.17, 15) is 13.6 Å². The van der Waals surface area contributed by atoms with Crippen LogP contribution in [0.1, 0.15) is 50.3 Å². The Morgan fingerprint density at radius 3 is 2.56 bits per heavy atom. The topological polar surface area (TPSA) is 36.4 Å². The molecule has 2 fully saturated rings. The zero-order valence-corrected chi connectivity index (χ0v) is 15.6. The summed E-state index contributed by atoms with van der Waals surface area (Å²) in [5.41, 5.74) is 1.09. The summed E-state index contributed by atoms with van der Waals surface area (Å²) in [6, 6.07) is 5.27. The predicted octanol–water partition coefficient (Wildman–Crippen LogP) is 3.68. The van der Waals surface area contributed by atoms with Gasteiger partial charge in [-0.25, -0.2) is 13.8 Å². The van der Waals surface area contributed by atoms with Gasteiger partial charge >= 0.3 is 0 Å². The Kier molecular flexibility index (Phi) is 6.49. The third kappa shape index (κ3) is 4.97. The van der Waals surface area contributed by atoms with Gasteiger partial charge in [0.1, 0.15) is 5.69 Å². The van der Waals surface area contributed by atoms with Gasteiger partial charge < -0.3 is 4.90 Å². The van der Waals surface area contributed by atoms with Crippen molar-refractivity contribution in [2.45, 2.75) is 46.6 Å². The van der Waals surface area contributed by atoms with E-state index >= 15 is 0 Å². The van der Waals surface area contributed by atoms with Gasteiger partial charge in [0, 0.05) is 32.6 Å². The van der Waals surface area contributed by atoms with Crippen molar-refractivity contribution in [3.63, 3.8) is 0 Å². The second-order valence-electron chi connectivity index (χ2n) is 7.05. The monoisotopic (exact) mass is 353 g/mol. The van der Waals surface area contributed by atoms with E-state index in [0.717, 1.165) is 24.7 Å². The highest BCUT2D eigenvalue weighted by atomic mass is 19.3. The molecule has 1 aromatic heterocycles. The van der Waals surface area contributed by atoms with Gasteiger partial charge in [0.05, 0.1) is 12.2 Å². The third-order valence-electron chi connectivity index (χ3n) is 4.80. The van der Waals surface area contributed by atoms with E-state index in [1.165, 1.54) is 4.90 Å². The standard InChI is InChI=1S/C17H23F2N3O.C2H6/c1-12(2)13-8-21(9-13)10-14-4-3-5-15(20-14)16(23)22-7-6-17(18,19)11-22;1-2/h3-5,12-13H,6-11H2,1-2H3;1-2H3. The lowest BCUT2D eigenvalue weighted by Gasteiger charge is -2.41.